The number of carbonyl (C=O) groups excluding carboxylic acids is 2. The molecular formula is C15H17FN2O2. The van der Waals surface area contributed by atoms with Crippen molar-refractivity contribution in [1.29, 1.82) is 0 Å². The molecule has 20 heavy (non-hydrogen) atoms. The summed E-state index contributed by atoms with van der Waals surface area (Å²) in [7, 11) is 0. The fourth-order valence-corrected chi connectivity index (χ4v) is 3.06. The van der Waals surface area contributed by atoms with Crippen LogP contribution in [0.5, 0.6) is 0 Å². The van der Waals surface area contributed by atoms with Gasteiger partial charge >= 0.3 is 0 Å². The molecule has 1 N–H and O–H groups in total. The Morgan fingerprint density at radius 1 is 1.20 bits per heavy atom. The van der Waals surface area contributed by atoms with Crippen LogP contribution in [-0.4, -0.2) is 36.3 Å². The molecule has 2 aliphatic rings. The molecule has 0 saturated carbocycles. The molecule has 2 heterocycles. The standard InChI is InChI=1S/C15H17FN2O2/c16-12-3-1-11(2-4-12)14(20)18-7-5-15(6-8-18)9-13(19)17-10-15/h1-4H,5-10H2,(H,17,19). The predicted octanol–water partition coefficient (Wildman–Crippen LogP) is 1.57. The molecule has 2 saturated heterocycles. The number of hydrogen-bond acceptors (Lipinski definition) is 2. The summed E-state index contributed by atoms with van der Waals surface area (Å²) in [6.07, 6.45) is 2.27. The van der Waals surface area contributed by atoms with Crippen LogP contribution < -0.4 is 5.32 Å². The lowest BCUT2D eigenvalue weighted by Crippen LogP contribution is -2.44. The summed E-state index contributed by atoms with van der Waals surface area (Å²) >= 11 is 0. The van der Waals surface area contributed by atoms with E-state index in [1.54, 1.807) is 4.90 Å². The second kappa shape index (κ2) is 4.89. The van der Waals surface area contributed by atoms with E-state index in [9.17, 15) is 14.0 Å². The first-order chi connectivity index (χ1) is 9.58. The van der Waals surface area contributed by atoms with E-state index >= 15 is 0 Å². The first-order valence-electron chi connectivity index (χ1n) is 6.90. The molecule has 0 bridgehead atoms. The third-order valence-corrected chi connectivity index (χ3v) is 4.40. The van der Waals surface area contributed by atoms with Gasteiger partial charge in [-0.1, -0.05) is 0 Å². The number of halogens is 1. The molecule has 0 aromatic heterocycles. The van der Waals surface area contributed by atoms with Crippen molar-refractivity contribution in [3.63, 3.8) is 0 Å². The molecule has 0 unspecified atom stereocenters. The third kappa shape index (κ3) is 2.40. The SMILES string of the molecule is O=C1CC2(CCN(C(=O)c3ccc(F)cc3)CC2)CN1. The molecule has 0 atom stereocenters. The van der Waals surface area contributed by atoms with Gasteiger partial charge in [0.2, 0.25) is 5.91 Å². The van der Waals surface area contributed by atoms with Crippen LogP contribution in [0, 0.1) is 11.2 Å². The first-order valence-corrected chi connectivity index (χ1v) is 6.90. The number of hydrogen-bond donors (Lipinski definition) is 1. The number of likely N-dealkylation sites (tertiary alicyclic amines) is 1. The van der Waals surface area contributed by atoms with Crippen LogP contribution in [0.2, 0.25) is 0 Å². The molecule has 2 fully saturated rings. The Kier molecular flexibility index (Phi) is 3.20. The Balaban J connectivity index is 1.64. The van der Waals surface area contributed by atoms with Crippen LogP contribution in [0.15, 0.2) is 24.3 Å². The van der Waals surface area contributed by atoms with E-state index in [1.807, 2.05) is 0 Å². The van der Waals surface area contributed by atoms with Gasteiger partial charge in [-0.3, -0.25) is 9.59 Å². The molecule has 3 rings (SSSR count). The van der Waals surface area contributed by atoms with Crippen molar-refractivity contribution in [2.45, 2.75) is 19.3 Å². The molecule has 1 aromatic carbocycles. The second-order valence-corrected chi connectivity index (χ2v) is 5.75. The van der Waals surface area contributed by atoms with Crippen molar-refractivity contribution in [2.75, 3.05) is 19.6 Å². The van der Waals surface area contributed by atoms with E-state index in [0.29, 0.717) is 25.1 Å². The lowest BCUT2D eigenvalue weighted by atomic mass is 9.77. The number of carbonyl (C=O) groups is 2. The van der Waals surface area contributed by atoms with Gasteiger partial charge in [-0.05, 0) is 42.5 Å². The Morgan fingerprint density at radius 2 is 1.85 bits per heavy atom. The van der Waals surface area contributed by atoms with Crippen LogP contribution in [-0.2, 0) is 4.79 Å². The maximum atomic E-state index is 12.9. The Bertz CT molecular complexity index is 533. The van der Waals surface area contributed by atoms with Gasteiger partial charge in [0.05, 0.1) is 0 Å². The van der Waals surface area contributed by atoms with Crippen LogP contribution in [0.3, 0.4) is 0 Å². The van der Waals surface area contributed by atoms with Crippen molar-refractivity contribution in [1.82, 2.24) is 10.2 Å². The number of benzene rings is 1. The molecule has 0 aliphatic carbocycles. The number of piperidine rings is 1. The normalized spacial score (nSPS) is 21.1. The van der Waals surface area contributed by atoms with Gasteiger partial charge in [-0.2, -0.15) is 0 Å². The molecule has 5 heteroatoms. The Morgan fingerprint density at radius 3 is 2.40 bits per heavy atom. The highest BCUT2D eigenvalue weighted by molar-refractivity contribution is 5.94. The van der Waals surface area contributed by atoms with Crippen molar-refractivity contribution < 1.29 is 14.0 Å². The van der Waals surface area contributed by atoms with Crippen LogP contribution in [0.1, 0.15) is 29.6 Å². The van der Waals surface area contributed by atoms with E-state index in [1.165, 1.54) is 24.3 Å². The van der Waals surface area contributed by atoms with Crippen LogP contribution in [0.25, 0.3) is 0 Å². The van der Waals surface area contributed by atoms with Crippen molar-refractivity contribution in [3.8, 4) is 0 Å². The lowest BCUT2D eigenvalue weighted by molar-refractivity contribution is -0.119. The van der Waals surface area contributed by atoms with Gasteiger partial charge in [0.1, 0.15) is 5.82 Å². The number of nitrogens with zero attached hydrogens (tertiary/aromatic N) is 1. The smallest absolute Gasteiger partial charge is 0.253 e. The van der Waals surface area contributed by atoms with Gasteiger partial charge in [0, 0.05) is 31.6 Å². The molecule has 2 amide bonds. The fraction of sp³-hybridized carbons (Fsp3) is 0.467. The predicted molar refractivity (Wildman–Crippen MR) is 71.6 cm³/mol. The van der Waals surface area contributed by atoms with Crippen molar-refractivity contribution in [3.05, 3.63) is 35.6 Å². The molecule has 1 spiro atoms. The highest BCUT2D eigenvalue weighted by Crippen LogP contribution is 2.37. The largest absolute Gasteiger partial charge is 0.356 e. The molecule has 1 aromatic rings. The highest BCUT2D eigenvalue weighted by atomic mass is 19.1. The van der Waals surface area contributed by atoms with E-state index in [2.05, 4.69) is 5.32 Å². The first kappa shape index (κ1) is 13.1. The zero-order valence-corrected chi connectivity index (χ0v) is 11.2. The summed E-state index contributed by atoms with van der Waals surface area (Å²) in [6, 6.07) is 5.64. The third-order valence-electron chi connectivity index (χ3n) is 4.40. The lowest BCUT2D eigenvalue weighted by Gasteiger charge is -2.38. The summed E-state index contributed by atoms with van der Waals surface area (Å²) in [5, 5.41) is 2.88. The van der Waals surface area contributed by atoms with Gasteiger partial charge < -0.3 is 10.2 Å². The molecule has 2 aliphatic heterocycles. The molecular weight excluding hydrogens is 259 g/mol. The number of amides is 2. The molecule has 4 nitrogen and oxygen atoms in total. The van der Waals surface area contributed by atoms with E-state index < -0.39 is 0 Å². The summed E-state index contributed by atoms with van der Waals surface area (Å²) < 4.78 is 12.9. The summed E-state index contributed by atoms with van der Waals surface area (Å²) in [5.41, 5.74) is 0.555. The Labute approximate surface area is 117 Å². The van der Waals surface area contributed by atoms with Crippen molar-refractivity contribution >= 4 is 11.8 Å². The topological polar surface area (TPSA) is 49.4 Å². The van der Waals surface area contributed by atoms with Crippen LogP contribution >= 0.6 is 0 Å². The molecule has 106 valence electrons. The monoisotopic (exact) mass is 276 g/mol. The Hall–Kier alpha value is -1.91. The maximum absolute atomic E-state index is 12.9. The maximum Gasteiger partial charge on any atom is 0.253 e. The van der Waals surface area contributed by atoms with Gasteiger partial charge in [-0.25, -0.2) is 4.39 Å². The van der Waals surface area contributed by atoms with Crippen molar-refractivity contribution in [2.24, 2.45) is 5.41 Å². The zero-order chi connectivity index (χ0) is 14.2. The number of rotatable bonds is 1. The fourth-order valence-electron chi connectivity index (χ4n) is 3.06. The highest BCUT2D eigenvalue weighted by Gasteiger charge is 2.41. The van der Waals surface area contributed by atoms with Gasteiger partial charge in [-0.15, -0.1) is 0 Å². The van der Waals surface area contributed by atoms with E-state index in [4.69, 9.17) is 0 Å². The minimum atomic E-state index is -0.338. The second-order valence-electron chi connectivity index (χ2n) is 5.75. The average Bonchev–Trinajstić information content (AvgIpc) is 2.81. The van der Waals surface area contributed by atoms with Gasteiger partial charge in [0.15, 0.2) is 0 Å². The summed E-state index contributed by atoms with van der Waals surface area (Å²) in [6.45, 7) is 2.04. The minimum absolute atomic E-state index is 0.0384. The van der Waals surface area contributed by atoms with E-state index in [-0.39, 0.29) is 23.0 Å². The number of nitrogens with one attached hydrogen (secondary N) is 1. The van der Waals surface area contributed by atoms with Crippen LogP contribution in [0.4, 0.5) is 4.39 Å². The summed E-state index contributed by atoms with van der Waals surface area (Å²) in [5.74, 6) is -0.282. The zero-order valence-electron chi connectivity index (χ0n) is 11.2. The van der Waals surface area contributed by atoms with E-state index in [0.717, 1.165) is 19.4 Å². The average molecular weight is 276 g/mol. The quantitative estimate of drug-likeness (QED) is 0.846. The minimum Gasteiger partial charge on any atom is -0.356 e. The van der Waals surface area contributed by atoms with Gasteiger partial charge in [0.25, 0.3) is 5.91 Å². The summed E-state index contributed by atoms with van der Waals surface area (Å²) in [4.78, 5) is 25.5. The molecule has 0 radical (unpaired) electrons.